The fourth-order valence-electron chi connectivity index (χ4n) is 1.84. The van der Waals surface area contributed by atoms with E-state index in [2.05, 4.69) is 10.6 Å². The number of hydrogen-bond acceptors (Lipinski definition) is 3. The number of nitrogens with one attached hydrogen (secondary N) is 2. The second kappa shape index (κ2) is 7.34. The van der Waals surface area contributed by atoms with Crippen molar-refractivity contribution in [3.8, 4) is 11.3 Å². The lowest BCUT2D eigenvalue weighted by Crippen LogP contribution is -2.19. The number of furan rings is 1. The van der Waals surface area contributed by atoms with Crippen molar-refractivity contribution < 1.29 is 4.42 Å². The lowest BCUT2D eigenvalue weighted by Gasteiger charge is -2.02. The van der Waals surface area contributed by atoms with Crippen molar-refractivity contribution >= 4 is 11.6 Å². The zero-order valence-electron chi connectivity index (χ0n) is 11.1. The molecule has 0 unspecified atom stereocenters. The number of rotatable bonds is 7. The van der Waals surface area contributed by atoms with Gasteiger partial charge in [-0.25, -0.2) is 0 Å². The summed E-state index contributed by atoms with van der Waals surface area (Å²) in [6.07, 6.45) is 1.11. The van der Waals surface area contributed by atoms with Crippen LogP contribution in [-0.4, -0.2) is 20.1 Å². The average molecular weight is 279 g/mol. The van der Waals surface area contributed by atoms with Gasteiger partial charge in [-0.2, -0.15) is 0 Å². The fourth-order valence-corrected chi connectivity index (χ4v) is 1.97. The molecule has 102 valence electrons. The highest BCUT2D eigenvalue weighted by Crippen LogP contribution is 2.23. The Bertz CT molecular complexity index is 493. The van der Waals surface area contributed by atoms with Crippen LogP contribution in [0, 0.1) is 0 Å². The quantitative estimate of drug-likeness (QED) is 0.763. The van der Waals surface area contributed by atoms with Crippen molar-refractivity contribution in [3.05, 3.63) is 47.2 Å². The van der Waals surface area contributed by atoms with Crippen molar-refractivity contribution in [2.24, 2.45) is 0 Å². The van der Waals surface area contributed by atoms with E-state index < -0.39 is 0 Å². The summed E-state index contributed by atoms with van der Waals surface area (Å²) in [6, 6.07) is 11.7. The molecule has 2 rings (SSSR count). The van der Waals surface area contributed by atoms with E-state index in [4.69, 9.17) is 16.0 Å². The molecule has 0 saturated carbocycles. The van der Waals surface area contributed by atoms with Gasteiger partial charge in [0.05, 0.1) is 6.54 Å². The maximum absolute atomic E-state index is 5.87. The summed E-state index contributed by atoms with van der Waals surface area (Å²) < 4.78 is 5.79. The van der Waals surface area contributed by atoms with E-state index in [0.29, 0.717) is 0 Å². The summed E-state index contributed by atoms with van der Waals surface area (Å²) in [5, 5.41) is 7.22. The zero-order chi connectivity index (χ0) is 13.5. The summed E-state index contributed by atoms with van der Waals surface area (Å²) in [6.45, 7) is 2.77. The van der Waals surface area contributed by atoms with Crippen LogP contribution in [0.25, 0.3) is 11.3 Å². The number of halogens is 1. The molecule has 2 N–H and O–H groups in total. The highest BCUT2D eigenvalue weighted by Gasteiger charge is 2.04. The van der Waals surface area contributed by atoms with Gasteiger partial charge in [-0.15, -0.1) is 0 Å². The van der Waals surface area contributed by atoms with Crippen LogP contribution in [0.15, 0.2) is 40.8 Å². The highest BCUT2D eigenvalue weighted by molar-refractivity contribution is 6.30. The molecule has 19 heavy (non-hydrogen) atoms. The van der Waals surface area contributed by atoms with Crippen LogP contribution in [0.4, 0.5) is 0 Å². The molecule has 0 saturated heterocycles. The van der Waals surface area contributed by atoms with E-state index in [1.165, 1.54) is 0 Å². The Balaban J connectivity index is 1.86. The smallest absolute Gasteiger partial charge is 0.134 e. The first kappa shape index (κ1) is 14.1. The Hall–Kier alpha value is -1.29. The van der Waals surface area contributed by atoms with Gasteiger partial charge in [-0.05, 0) is 63.0 Å². The van der Waals surface area contributed by atoms with Crippen molar-refractivity contribution in [2.75, 3.05) is 20.1 Å². The molecule has 2 aromatic rings. The molecule has 0 aliphatic rings. The van der Waals surface area contributed by atoms with Gasteiger partial charge in [-0.3, -0.25) is 0 Å². The second-order valence-corrected chi connectivity index (χ2v) is 4.84. The number of hydrogen-bond donors (Lipinski definition) is 2. The zero-order valence-corrected chi connectivity index (χ0v) is 11.8. The molecule has 0 radical (unpaired) electrons. The topological polar surface area (TPSA) is 37.2 Å². The predicted octanol–water partition coefficient (Wildman–Crippen LogP) is 3.30. The van der Waals surface area contributed by atoms with E-state index in [1.54, 1.807) is 0 Å². The fraction of sp³-hybridized carbons (Fsp3) is 0.333. The van der Waals surface area contributed by atoms with Crippen molar-refractivity contribution in [1.82, 2.24) is 10.6 Å². The molecule has 4 heteroatoms. The normalized spacial score (nSPS) is 10.8. The first-order chi connectivity index (χ1) is 9.29. The van der Waals surface area contributed by atoms with Crippen LogP contribution in [0.3, 0.4) is 0 Å². The number of benzene rings is 1. The molecule has 1 aromatic carbocycles. The molecule has 0 spiro atoms. The molecule has 1 heterocycles. The Morgan fingerprint density at radius 3 is 2.58 bits per heavy atom. The first-order valence-electron chi connectivity index (χ1n) is 6.49. The van der Waals surface area contributed by atoms with Crippen LogP contribution in [0.5, 0.6) is 0 Å². The molecular weight excluding hydrogens is 260 g/mol. The SMILES string of the molecule is CNCCCNCc1ccc(-c2ccc(Cl)cc2)o1. The average Bonchev–Trinajstić information content (AvgIpc) is 2.88. The largest absolute Gasteiger partial charge is 0.460 e. The van der Waals surface area contributed by atoms with E-state index in [9.17, 15) is 0 Å². The molecule has 0 amide bonds. The molecule has 0 fully saturated rings. The summed E-state index contributed by atoms with van der Waals surface area (Å²) in [5.74, 6) is 1.83. The van der Waals surface area contributed by atoms with Gasteiger partial charge in [0.2, 0.25) is 0 Å². The predicted molar refractivity (Wildman–Crippen MR) is 79.4 cm³/mol. The first-order valence-corrected chi connectivity index (χ1v) is 6.87. The van der Waals surface area contributed by atoms with Gasteiger partial charge in [0.1, 0.15) is 11.5 Å². The Kier molecular flexibility index (Phi) is 5.45. The van der Waals surface area contributed by atoms with Crippen molar-refractivity contribution in [3.63, 3.8) is 0 Å². The molecule has 1 aromatic heterocycles. The van der Waals surface area contributed by atoms with E-state index in [1.807, 2.05) is 43.4 Å². The second-order valence-electron chi connectivity index (χ2n) is 4.41. The maximum Gasteiger partial charge on any atom is 0.134 e. The van der Waals surface area contributed by atoms with Gasteiger partial charge in [-0.1, -0.05) is 11.6 Å². The van der Waals surface area contributed by atoms with Crippen molar-refractivity contribution in [2.45, 2.75) is 13.0 Å². The van der Waals surface area contributed by atoms with Crippen LogP contribution in [0.2, 0.25) is 5.02 Å². The third kappa shape index (κ3) is 4.39. The van der Waals surface area contributed by atoms with E-state index >= 15 is 0 Å². The van der Waals surface area contributed by atoms with Gasteiger partial charge in [0, 0.05) is 10.6 Å². The highest BCUT2D eigenvalue weighted by atomic mass is 35.5. The van der Waals surface area contributed by atoms with Crippen LogP contribution in [0.1, 0.15) is 12.2 Å². The molecular formula is C15H19ClN2O. The van der Waals surface area contributed by atoms with Gasteiger partial charge in [0.15, 0.2) is 0 Å². The van der Waals surface area contributed by atoms with Crippen LogP contribution >= 0.6 is 11.6 Å². The standard InChI is InChI=1S/C15H19ClN2O/c1-17-9-2-10-18-11-14-7-8-15(19-14)12-3-5-13(16)6-4-12/h3-8,17-18H,2,9-11H2,1H3. The summed E-state index contributed by atoms with van der Waals surface area (Å²) in [4.78, 5) is 0. The van der Waals surface area contributed by atoms with E-state index in [0.717, 1.165) is 48.2 Å². The lowest BCUT2D eigenvalue weighted by molar-refractivity contribution is 0.490. The van der Waals surface area contributed by atoms with Crippen molar-refractivity contribution in [1.29, 1.82) is 0 Å². The molecule has 3 nitrogen and oxygen atoms in total. The van der Waals surface area contributed by atoms with Gasteiger partial charge < -0.3 is 15.1 Å². The summed E-state index contributed by atoms with van der Waals surface area (Å²) in [7, 11) is 1.96. The van der Waals surface area contributed by atoms with Gasteiger partial charge >= 0.3 is 0 Å². The Labute approximate surface area is 119 Å². The maximum atomic E-state index is 5.87. The van der Waals surface area contributed by atoms with Gasteiger partial charge in [0.25, 0.3) is 0 Å². The summed E-state index contributed by atoms with van der Waals surface area (Å²) >= 11 is 5.87. The monoisotopic (exact) mass is 278 g/mol. The van der Waals surface area contributed by atoms with Crippen LogP contribution < -0.4 is 10.6 Å². The minimum absolute atomic E-state index is 0.738. The van der Waals surface area contributed by atoms with Crippen LogP contribution in [-0.2, 0) is 6.54 Å². The minimum atomic E-state index is 0.738. The lowest BCUT2D eigenvalue weighted by atomic mass is 10.2. The molecule has 0 aliphatic carbocycles. The Morgan fingerprint density at radius 2 is 1.84 bits per heavy atom. The Morgan fingerprint density at radius 1 is 1.05 bits per heavy atom. The molecule has 0 atom stereocenters. The molecule has 0 bridgehead atoms. The summed E-state index contributed by atoms with van der Waals surface area (Å²) in [5.41, 5.74) is 1.05. The molecule has 0 aliphatic heterocycles. The third-order valence-corrected chi connectivity index (χ3v) is 3.12. The van der Waals surface area contributed by atoms with E-state index in [-0.39, 0.29) is 0 Å². The third-order valence-electron chi connectivity index (χ3n) is 2.87. The minimum Gasteiger partial charge on any atom is -0.460 e.